The standard InChI is InChI=1S/C14H18O6/c1-2-19-14(12(16)11(15)13(17)20-14)9-18-8-10-6-4-3-5-7-10/h3-7,11-12,15-16H,2,8-9H2,1H3/t11-,12+,14-/m1/s1. The van der Waals surface area contributed by atoms with Gasteiger partial charge < -0.3 is 24.4 Å². The van der Waals surface area contributed by atoms with Gasteiger partial charge in [0.25, 0.3) is 5.79 Å². The number of hydrogen-bond acceptors (Lipinski definition) is 6. The van der Waals surface area contributed by atoms with Gasteiger partial charge in [-0.1, -0.05) is 30.3 Å². The van der Waals surface area contributed by atoms with E-state index >= 15 is 0 Å². The molecule has 3 atom stereocenters. The first-order chi connectivity index (χ1) is 9.59. The van der Waals surface area contributed by atoms with Gasteiger partial charge in [-0.25, -0.2) is 4.79 Å². The minimum absolute atomic E-state index is 0.153. The van der Waals surface area contributed by atoms with E-state index in [9.17, 15) is 15.0 Å². The molecule has 0 saturated carbocycles. The Hall–Kier alpha value is -1.47. The van der Waals surface area contributed by atoms with Crippen molar-refractivity contribution >= 4 is 5.97 Å². The lowest BCUT2D eigenvalue weighted by Gasteiger charge is -2.29. The number of aliphatic hydroxyl groups excluding tert-OH is 2. The molecule has 1 aliphatic rings. The third-order valence-electron chi connectivity index (χ3n) is 3.07. The number of rotatable bonds is 6. The Labute approximate surface area is 116 Å². The highest BCUT2D eigenvalue weighted by molar-refractivity contribution is 5.78. The molecule has 110 valence electrons. The highest BCUT2D eigenvalue weighted by Gasteiger charge is 2.56. The molecule has 2 N–H and O–H groups in total. The SMILES string of the molecule is CCO[C@]1(COCc2ccccc2)OC(=O)[C@H](O)[C@@H]1O. The summed E-state index contributed by atoms with van der Waals surface area (Å²) < 4.78 is 15.7. The van der Waals surface area contributed by atoms with Crippen LogP contribution in [0.15, 0.2) is 30.3 Å². The van der Waals surface area contributed by atoms with E-state index in [0.29, 0.717) is 0 Å². The second kappa shape index (κ2) is 6.32. The van der Waals surface area contributed by atoms with E-state index in [1.807, 2.05) is 30.3 Å². The molecular formula is C14H18O6. The summed E-state index contributed by atoms with van der Waals surface area (Å²) in [7, 11) is 0. The van der Waals surface area contributed by atoms with Crippen LogP contribution >= 0.6 is 0 Å². The van der Waals surface area contributed by atoms with E-state index in [4.69, 9.17) is 14.2 Å². The molecule has 0 spiro atoms. The minimum atomic E-state index is -1.64. The number of esters is 1. The van der Waals surface area contributed by atoms with Crippen LogP contribution in [-0.4, -0.2) is 47.4 Å². The Balaban J connectivity index is 1.98. The van der Waals surface area contributed by atoms with Crippen molar-refractivity contribution in [1.29, 1.82) is 0 Å². The highest BCUT2D eigenvalue weighted by Crippen LogP contribution is 2.29. The van der Waals surface area contributed by atoms with Gasteiger partial charge in [0.2, 0.25) is 0 Å². The number of ether oxygens (including phenoxy) is 3. The molecule has 0 bridgehead atoms. The molecule has 6 heteroatoms. The van der Waals surface area contributed by atoms with Gasteiger partial charge in [-0.2, -0.15) is 0 Å². The first-order valence-corrected chi connectivity index (χ1v) is 6.43. The smallest absolute Gasteiger partial charge is 0.340 e. The topological polar surface area (TPSA) is 85.2 Å². The Kier molecular flexibility index (Phi) is 4.72. The van der Waals surface area contributed by atoms with Crippen LogP contribution < -0.4 is 0 Å². The van der Waals surface area contributed by atoms with Crippen molar-refractivity contribution in [3.05, 3.63) is 35.9 Å². The molecule has 1 heterocycles. The molecular weight excluding hydrogens is 264 g/mol. The average molecular weight is 282 g/mol. The maximum atomic E-state index is 11.3. The number of cyclic esters (lactones) is 1. The molecule has 1 saturated heterocycles. The molecule has 1 aromatic carbocycles. The Morgan fingerprint density at radius 1 is 1.30 bits per heavy atom. The number of benzene rings is 1. The minimum Gasteiger partial charge on any atom is -0.425 e. The number of aliphatic hydroxyl groups is 2. The van der Waals surface area contributed by atoms with Crippen LogP contribution in [0.25, 0.3) is 0 Å². The molecule has 0 amide bonds. The average Bonchev–Trinajstić information content (AvgIpc) is 2.65. The zero-order valence-electron chi connectivity index (χ0n) is 11.2. The summed E-state index contributed by atoms with van der Waals surface area (Å²) in [5, 5.41) is 19.4. The van der Waals surface area contributed by atoms with Crippen LogP contribution in [0.4, 0.5) is 0 Å². The summed E-state index contributed by atoms with van der Waals surface area (Å²) in [5.74, 6) is -2.55. The van der Waals surface area contributed by atoms with Crippen LogP contribution in [0.5, 0.6) is 0 Å². The van der Waals surface area contributed by atoms with E-state index < -0.39 is 24.0 Å². The monoisotopic (exact) mass is 282 g/mol. The molecule has 1 aliphatic heterocycles. The summed E-state index contributed by atoms with van der Waals surface area (Å²) in [6.45, 7) is 2.05. The Morgan fingerprint density at radius 2 is 2.00 bits per heavy atom. The van der Waals surface area contributed by atoms with Crippen LogP contribution in [0.1, 0.15) is 12.5 Å². The first kappa shape index (κ1) is 14.9. The predicted molar refractivity (Wildman–Crippen MR) is 68.6 cm³/mol. The Morgan fingerprint density at radius 3 is 2.55 bits per heavy atom. The zero-order chi connectivity index (χ0) is 14.6. The van der Waals surface area contributed by atoms with Gasteiger partial charge in [-0.05, 0) is 12.5 Å². The fraction of sp³-hybridized carbons (Fsp3) is 0.500. The summed E-state index contributed by atoms with van der Waals surface area (Å²) in [6.07, 6.45) is -3.08. The van der Waals surface area contributed by atoms with Gasteiger partial charge in [0.15, 0.2) is 12.2 Å². The summed E-state index contributed by atoms with van der Waals surface area (Å²) >= 11 is 0. The molecule has 2 rings (SSSR count). The molecule has 0 radical (unpaired) electrons. The van der Waals surface area contributed by atoms with Crippen LogP contribution in [0, 0.1) is 0 Å². The van der Waals surface area contributed by atoms with E-state index in [1.54, 1.807) is 6.92 Å². The third kappa shape index (κ3) is 2.99. The normalized spacial score (nSPS) is 29.4. The van der Waals surface area contributed by atoms with Crippen LogP contribution in [-0.2, 0) is 25.6 Å². The van der Waals surface area contributed by atoms with Crippen molar-refractivity contribution in [2.24, 2.45) is 0 Å². The molecule has 0 aliphatic carbocycles. The maximum absolute atomic E-state index is 11.3. The predicted octanol–water partition coefficient (Wildman–Crippen LogP) is 0.215. The first-order valence-electron chi connectivity index (χ1n) is 6.43. The van der Waals surface area contributed by atoms with E-state index in [2.05, 4.69) is 0 Å². The maximum Gasteiger partial charge on any atom is 0.340 e. The van der Waals surface area contributed by atoms with Gasteiger partial charge in [0.05, 0.1) is 6.61 Å². The molecule has 0 aromatic heterocycles. The largest absolute Gasteiger partial charge is 0.425 e. The van der Waals surface area contributed by atoms with Crippen LogP contribution in [0.3, 0.4) is 0 Å². The van der Waals surface area contributed by atoms with Crippen LogP contribution in [0.2, 0.25) is 0 Å². The van der Waals surface area contributed by atoms with Crippen molar-refractivity contribution in [2.75, 3.05) is 13.2 Å². The van der Waals surface area contributed by atoms with Crippen molar-refractivity contribution in [1.82, 2.24) is 0 Å². The van der Waals surface area contributed by atoms with E-state index in [0.717, 1.165) is 5.56 Å². The fourth-order valence-corrected chi connectivity index (χ4v) is 2.06. The number of hydrogen-bond donors (Lipinski definition) is 2. The van der Waals surface area contributed by atoms with Crippen molar-refractivity contribution in [2.45, 2.75) is 31.5 Å². The molecule has 20 heavy (non-hydrogen) atoms. The second-order valence-electron chi connectivity index (χ2n) is 4.53. The number of carbonyl (C=O) groups is 1. The summed E-state index contributed by atoms with van der Waals surface area (Å²) in [5.41, 5.74) is 0.943. The van der Waals surface area contributed by atoms with Gasteiger partial charge in [-0.3, -0.25) is 0 Å². The van der Waals surface area contributed by atoms with E-state index in [-0.39, 0.29) is 19.8 Å². The van der Waals surface area contributed by atoms with Crippen molar-refractivity contribution < 1.29 is 29.2 Å². The summed E-state index contributed by atoms with van der Waals surface area (Å²) in [6, 6.07) is 9.43. The quantitative estimate of drug-likeness (QED) is 0.726. The number of carbonyl (C=O) groups excluding carboxylic acids is 1. The van der Waals surface area contributed by atoms with Crippen molar-refractivity contribution in [3.63, 3.8) is 0 Å². The van der Waals surface area contributed by atoms with Crippen molar-refractivity contribution in [3.8, 4) is 0 Å². The lowest BCUT2D eigenvalue weighted by molar-refractivity contribution is -0.265. The fourth-order valence-electron chi connectivity index (χ4n) is 2.06. The lowest BCUT2D eigenvalue weighted by Crippen LogP contribution is -2.49. The molecule has 1 fully saturated rings. The molecule has 6 nitrogen and oxygen atoms in total. The van der Waals surface area contributed by atoms with Gasteiger partial charge in [0, 0.05) is 6.61 Å². The van der Waals surface area contributed by atoms with Gasteiger partial charge in [-0.15, -0.1) is 0 Å². The van der Waals surface area contributed by atoms with E-state index in [1.165, 1.54) is 0 Å². The van der Waals surface area contributed by atoms with Gasteiger partial charge >= 0.3 is 5.97 Å². The Bertz CT molecular complexity index is 448. The molecule has 1 aromatic rings. The molecule has 0 unspecified atom stereocenters. The third-order valence-corrected chi connectivity index (χ3v) is 3.07. The highest BCUT2D eigenvalue weighted by atomic mass is 16.8. The zero-order valence-corrected chi connectivity index (χ0v) is 11.2. The second-order valence-corrected chi connectivity index (χ2v) is 4.53. The summed E-state index contributed by atoms with van der Waals surface area (Å²) in [4.78, 5) is 11.3. The lowest BCUT2D eigenvalue weighted by atomic mass is 10.1. The van der Waals surface area contributed by atoms with Gasteiger partial charge in [0.1, 0.15) is 6.61 Å².